The van der Waals surface area contributed by atoms with Gasteiger partial charge in [-0.2, -0.15) is 5.26 Å². The van der Waals surface area contributed by atoms with Crippen molar-refractivity contribution in [1.82, 2.24) is 4.90 Å². The highest BCUT2D eigenvalue weighted by Gasteiger charge is 2.19. The molecule has 0 aliphatic heterocycles. The lowest BCUT2D eigenvalue weighted by molar-refractivity contribution is 0.254. The smallest absolute Gasteiger partial charge is 0.0998 e. The zero-order valence-corrected chi connectivity index (χ0v) is 13.3. The van der Waals surface area contributed by atoms with Crippen LogP contribution < -0.4 is 5.32 Å². The SMILES string of the molecule is CN(C)CC(C)(C)CNc1ccc(C#N)c2ccccc12. The van der Waals surface area contributed by atoms with Gasteiger partial charge in [0.1, 0.15) is 0 Å². The molecule has 0 aliphatic carbocycles. The third-order valence-corrected chi connectivity index (χ3v) is 3.55. The first-order valence-corrected chi connectivity index (χ1v) is 7.23. The molecular formula is C18H23N3. The van der Waals surface area contributed by atoms with Crippen LogP contribution in [-0.4, -0.2) is 32.1 Å². The Morgan fingerprint density at radius 2 is 1.76 bits per heavy atom. The molecule has 2 aromatic carbocycles. The number of anilines is 1. The summed E-state index contributed by atoms with van der Waals surface area (Å²) in [6, 6.07) is 14.2. The summed E-state index contributed by atoms with van der Waals surface area (Å²) in [4.78, 5) is 2.21. The van der Waals surface area contributed by atoms with Gasteiger partial charge in [-0.15, -0.1) is 0 Å². The number of hydrogen-bond acceptors (Lipinski definition) is 3. The molecule has 0 spiro atoms. The van der Waals surface area contributed by atoms with Crippen molar-refractivity contribution in [1.29, 1.82) is 5.26 Å². The number of nitrogens with zero attached hydrogens (tertiary/aromatic N) is 2. The van der Waals surface area contributed by atoms with Gasteiger partial charge in [0.25, 0.3) is 0 Å². The van der Waals surface area contributed by atoms with E-state index in [2.05, 4.69) is 50.3 Å². The van der Waals surface area contributed by atoms with Crippen LogP contribution in [0.3, 0.4) is 0 Å². The van der Waals surface area contributed by atoms with Gasteiger partial charge in [-0.3, -0.25) is 0 Å². The van der Waals surface area contributed by atoms with Gasteiger partial charge in [0.05, 0.1) is 11.6 Å². The largest absolute Gasteiger partial charge is 0.384 e. The Morgan fingerprint density at radius 3 is 2.38 bits per heavy atom. The summed E-state index contributed by atoms with van der Waals surface area (Å²) in [6.07, 6.45) is 0. The fraction of sp³-hybridized carbons (Fsp3) is 0.389. The molecule has 0 fully saturated rings. The average Bonchev–Trinajstić information content (AvgIpc) is 2.43. The highest BCUT2D eigenvalue weighted by Crippen LogP contribution is 2.27. The molecule has 0 heterocycles. The van der Waals surface area contributed by atoms with Crippen molar-refractivity contribution in [3.63, 3.8) is 0 Å². The van der Waals surface area contributed by atoms with Crippen LogP contribution in [0.2, 0.25) is 0 Å². The Kier molecular flexibility index (Phi) is 4.50. The van der Waals surface area contributed by atoms with Crippen LogP contribution in [0.5, 0.6) is 0 Å². The lowest BCUT2D eigenvalue weighted by Gasteiger charge is -2.29. The van der Waals surface area contributed by atoms with Gasteiger partial charge in [-0.25, -0.2) is 0 Å². The Morgan fingerprint density at radius 1 is 1.10 bits per heavy atom. The van der Waals surface area contributed by atoms with Crippen LogP contribution in [0.4, 0.5) is 5.69 Å². The van der Waals surface area contributed by atoms with E-state index in [4.69, 9.17) is 0 Å². The van der Waals surface area contributed by atoms with Crippen LogP contribution >= 0.6 is 0 Å². The fourth-order valence-corrected chi connectivity index (χ4v) is 2.80. The Bertz CT molecular complexity index is 666. The topological polar surface area (TPSA) is 39.1 Å². The number of nitriles is 1. The second-order valence-corrected chi connectivity index (χ2v) is 6.57. The zero-order chi connectivity index (χ0) is 15.5. The highest BCUT2D eigenvalue weighted by molar-refractivity contribution is 5.97. The first-order chi connectivity index (χ1) is 9.93. The van der Waals surface area contributed by atoms with Gasteiger partial charge in [0.2, 0.25) is 0 Å². The van der Waals surface area contributed by atoms with Crippen molar-refractivity contribution in [2.45, 2.75) is 13.8 Å². The highest BCUT2D eigenvalue weighted by atomic mass is 15.1. The lowest BCUT2D eigenvalue weighted by Crippen LogP contribution is -2.34. The predicted octanol–water partition coefficient (Wildman–Crippen LogP) is 3.71. The molecular weight excluding hydrogens is 258 g/mol. The van der Waals surface area contributed by atoms with Crippen molar-refractivity contribution >= 4 is 16.5 Å². The van der Waals surface area contributed by atoms with E-state index < -0.39 is 0 Å². The van der Waals surface area contributed by atoms with Gasteiger partial charge in [0, 0.05) is 29.5 Å². The molecule has 21 heavy (non-hydrogen) atoms. The Labute approximate surface area is 127 Å². The number of rotatable bonds is 5. The molecule has 0 bridgehead atoms. The van der Waals surface area contributed by atoms with E-state index in [0.29, 0.717) is 0 Å². The van der Waals surface area contributed by atoms with Crippen molar-refractivity contribution in [2.24, 2.45) is 5.41 Å². The summed E-state index contributed by atoms with van der Waals surface area (Å²) in [5, 5.41) is 14.9. The van der Waals surface area contributed by atoms with E-state index in [1.165, 1.54) is 0 Å². The number of nitrogens with one attached hydrogen (secondary N) is 1. The van der Waals surface area contributed by atoms with Crippen LogP contribution in [0.1, 0.15) is 19.4 Å². The molecule has 0 amide bonds. The third kappa shape index (κ3) is 3.74. The number of fused-ring (bicyclic) bond motifs is 1. The van der Waals surface area contributed by atoms with Crippen LogP contribution in [0, 0.1) is 16.7 Å². The summed E-state index contributed by atoms with van der Waals surface area (Å²) < 4.78 is 0. The van der Waals surface area contributed by atoms with Gasteiger partial charge >= 0.3 is 0 Å². The standard InChI is InChI=1S/C18H23N3/c1-18(2,13-21(3)4)12-20-17-10-9-14(11-19)15-7-5-6-8-16(15)17/h5-10,20H,12-13H2,1-4H3. The van der Waals surface area contributed by atoms with Crippen LogP contribution in [0.25, 0.3) is 10.8 Å². The Balaban J connectivity index is 2.26. The number of benzene rings is 2. The van der Waals surface area contributed by atoms with E-state index in [1.807, 2.05) is 30.3 Å². The summed E-state index contributed by atoms with van der Waals surface area (Å²) in [5.74, 6) is 0. The average molecular weight is 281 g/mol. The Hall–Kier alpha value is -2.05. The molecule has 3 heteroatoms. The maximum atomic E-state index is 9.21. The van der Waals surface area contributed by atoms with E-state index in [1.54, 1.807) is 0 Å². The molecule has 0 aliphatic rings. The van der Waals surface area contributed by atoms with E-state index >= 15 is 0 Å². The summed E-state index contributed by atoms with van der Waals surface area (Å²) >= 11 is 0. The zero-order valence-electron chi connectivity index (χ0n) is 13.3. The van der Waals surface area contributed by atoms with Gasteiger partial charge in [0.15, 0.2) is 0 Å². The molecule has 3 nitrogen and oxygen atoms in total. The molecule has 2 rings (SSSR count). The maximum absolute atomic E-state index is 9.21. The maximum Gasteiger partial charge on any atom is 0.0998 e. The van der Waals surface area contributed by atoms with Gasteiger partial charge < -0.3 is 10.2 Å². The molecule has 0 radical (unpaired) electrons. The second kappa shape index (κ2) is 6.15. The molecule has 0 unspecified atom stereocenters. The lowest BCUT2D eigenvalue weighted by atomic mass is 9.92. The van der Waals surface area contributed by atoms with Crippen LogP contribution in [-0.2, 0) is 0 Å². The monoisotopic (exact) mass is 281 g/mol. The molecule has 2 aromatic rings. The molecule has 0 aromatic heterocycles. The molecule has 0 saturated heterocycles. The number of hydrogen-bond donors (Lipinski definition) is 1. The fourth-order valence-electron chi connectivity index (χ4n) is 2.80. The second-order valence-electron chi connectivity index (χ2n) is 6.57. The van der Waals surface area contributed by atoms with E-state index in [-0.39, 0.29) is 5.41 Å². The minimum absolute atomic E-state index is 0.179. The van der Waals surface area contributed by atoms with Crippen molar-refractivity contribution in [2.75, 3.05) is 32.5 Å². The van der Waals surface area contributed by atoms with Crippen molar-refractivity contribution in [3.05, 3.63) is 42.0 Å². The van der Waals surface area contributed by atoms with Crippen molar-refractivity contribution < 1.29 is 0 Å². The quantitative estimate of drug-likeness (QED) is 0.908. The summed E-state index contributed by atoms with van der Waals surface area (Å²) in [7, 11) is 4.19. The minimum atomic E-state index is 0.179. The van der Waals surface area contributed by atoms with E-state index in [9.17, 15) is 5.26 Å². The van der Waals surface area contributed by atoms with Gasteiger partial charge in [-0.05, 0) is 31.6 Å². The van der Waals surface area contributed by atoms with Crippen molar-refractivity contribution in [3.8, 4) is 6.07 Å². The first kappa shape index (κ1) is 15.3. The molecule has 0 atom stereocenters. The van der Waals surface area contributed by atoms with E-state index in [0.717, 1.165) is 35.1 Å². The molecule has 110 valence electrons. The third-order valence-electron chi connectivity index (χ3n) is 3.55. The summed E-state index contributed by atoms with van der Waals surface area (Å²) in [5.41, 5.74) is 2.00. The minimum Gasteiger partial charge on any atom is -0.384 e. The molecule has 1 N–H and O–H groups in total. The van der Waals surface area contributed by atoms with Gasteiger partial charge in [-0.1, -0.05) is 38.1 Å². The normalized spacial score (nSPS) is 11.6. The predicted molar refractivity (Wildman–Crippen MR) is 89.5 cm³/mol. The van der Waals surface area contributed by atoms with Crippen LogP contribution in [0.15, 0.2) is 36.4 Å². The first-order valence-electron chi connectivity index (χ1n) is 7.23. The summed E-state index contributed by atoms with van der Waals surface area (Å²) in [6.45, 7) is 6.42. The molecule has 0 saturated carbocycles.